The largest absolute Gasteiger partial charge is 0.462 e. The predicted octanol–water partition coefficient (Wildman–Crippen LogP) is 3.59. The van der Waals surface area contributed by atoms with Crippen molar-refractivity contribution in [1.82, 2.24) is 4.98 Å². The Kier molecular flexibility index (Phi) is 4.76. The summed E-state index contributed by atoms with van der Waals surface area (Å²) in [5.41, 5.74) is 14.3. The summed E-state index contributed by atoms with van der Waals surface area (Å²) in [4.78, 5) is 30.1. The van der Waals surface area contributed by atoms with Gasteiger partial charge in [-0.15, -0.1) is 0 Å². The molecule has 1 atom stereocenters. The lowest BCUT2D eigenvalue weighted by atomic mass is 9.70. The van der Waals surface area contributed by atoms with Gasteiger partial charge in [0.1, 0.15) is 17.1 Å². The molecule has 2 aliphatic rings. The fraction of sp³-hybridized carbons (Fsp3) is 0.348. The molecule has 0 bridgehead atoms. The molecule has 7 nitrogen and oxygen atoms in total. The zero-order chi connectivity index (χ0) is 21.6. The van der Waals surface area contributed by atoms with Gasteiger partial charge in [-0.25, -0.2) is 4.79 Å². The van der Waals surface area contributed by atoms with E-state index in [1.54, 1.807) is 6.92 Å². The van der Waals surface area contributed by atoms with Crippen LogP contribution in [0.5, 0.6) is 5.88 Å². The second-order valence-corrected chi connectivity index (χ2v) is 8.45. The summed E-state index contributed by atoms with van der Waals surface area (Å²) in [6.45, 7) is 5.94. The number of carbonyl (C=O) groups excluding carboxylic acids is 2. The number of benzene rings is 1. The van der Waals surface area contributed by atoms with Gasteiger partial charge in [0.05, 0.1) is 17.9 Å². The maximum absolute atomic E-state index is 13.2. The standard InChI is InChI=1S/C23H25N3O4/c1-4-29-22(28)18-19(24)17-15(12-8-6-5-7-9-12)16-13(27)10-23(2,3)11-14(16)30-21(17)26-20(18)25/h5-9,15H,4,10-11H2,1-3H3,(H4,24,25,26). The number of allylic oxidation sites excluding steroid dienone is 2. The molecule has 156 valence electrons. The van der Waals surface area contributed by atoms with Gasteiger partial charge in [-0.2, -0.15) is 4.98 Å². The molecule has 0 amide bonds. The first kappa shape index (κ1) is 19.9. The third kappa shape index (κ3) is 3.20. The number of rotatable bonds is 3. The summed E-state index contributed by atoms with van der Waals surface area (Å²) in [6.07, 6.45) is 0.999. The Morgan fingerprint density at radius 2 is 1.93 bits per heavy atom. The van der Waals surface area contributed by atoms with Gasteiger partial charge in [0, 0.05) is 24.3 Å². The van der Waals surface area contributed by atoms with Crippen LogP contribution in [0.25, 0.3) is 0 Å². The van der Waals surface area contributed by atoms with Crippen molar-refractivity contribution >= 4 is 23.3 Å². The van der Waals surface area contributed by atoms with E-state index in [0.717, 1.165) is 5.56 Å². The van der Waals surface area contributed by atoms with Gasteiger partial charge in [0.25, 0.3) is 0 Å². The quantitative estimate of drug-likeness (QED) is 0.747. The van der Waals surface area contributed by atoms with Crippen molar-refractivity contribution in [2.24, 2.45) is 5.41 Å². The topological polar surface area (TPSA) is 118 Å². The molecule has 1 aromatic carbocycles. The average Bonchev–Trinajstić information content (AvgIpc) is 2.66. The van der Waals surface area contributed by atoms with Crippen molar-refractivity contribution in [2.45, 2.75) is 39.5 Å². The molecule has 0 spiro atoms. The number of ketones is 1. The van der Waals surface area contributed by atoms with Crippen molar-refractivity contribution in [3.05, 3.63) is 58.4 Å². The van der Waals surface area contributed by atoms with E-state index >= 15 is 0 Å². The van der Waals surface area contributed by atoms with Crippen molar-refractivity contribution in [3.63, 3.8) is 0 Å². The molecule has 0 fully saturated rings. The lowest BCUT2D eigenvalue weighted by molar-refractivity contribution is -0.118. The Morgan fingerprint density at radius 1 is 1.23 bits per heavy atom. The highest BCUT2D eigenvalue weighted by atomic mass is 16.5. The van der Waals surface area contributed by atoms with Crippen LogP contribution in [0, 0.1) is 5.41 Å². The normalized spacial score (nSPS) is 19.6. The Hall–Kier alpha value is -3.35. The minimum absolute atomic E-state index is 0.00719. The molecule has 1 aliphatic heterocycles. The predicted molar refractivity (Wildman–Crippen MR) is 113 cm³/mol. The summed E-state index contributed by atoms with van der Waals surface area (Å²) in [5.74, 6) is -0.360. The Labute approximate surface area is 175 Å². The van der Waals surface area contributed by atoms with Crippen LogP contribution in [0.2, 0.25) is 0 Å². The summed E-state index contributed by atoms with van der Waals surface area (Å²) >= 11 is 0. The summed E-state index contributed by atoms with van der Waals surface area (Å²) in [7, 11) is 0. The number of nitrogens with two attached hydrogens (primary N) is 2. The van der Waals surface area contributed by atoms with E-state index in [0.29, 0.717) is 29.7 Å². The number of nitrogens with zero attached hydrogens (tertiary/aromatic N) is 1. The maximum Gasteiger partial charge on any atom is 0.344 e. The number of hydrogen-bond acceptors (Lipinski definition) is 7. The first-order valence-corrected chi connectivity index (χ1v) is 9.98. The van der Waals surface area contributed by atoms with Gasteiger partial charge in [0.2, 0.25) is 5.88 Å². The van der Waals surface area contributed by atoms with E-state index in [2.05, 4.69) is 4.98 Å². The highest BCUT2D eigenvalue weighted by Crippen LogP contribution is 2.52. The van der Waals surface area contributed by atoms with Crippen LogP contribution in [-0.2, 0) is 9.53 Å². The van der Waals surface area contributed by atoms with Gasteiger partial charge >= 0.3 is 5.97 Å². The second kappa shape index (κ2) is 7.16. The van der Waals surface area contributed by atoms with Crippen LogP contribution < -0.4 is 16.2 Å². The third-order valence-corrected chi connectivity index (χ3v) is 5.56. The molecule has 0 saturated carbocycles. The minimum Gasteiger partial charge on any atom is -0.462 e. The third-order valence-electron chi connectivity index (χ3n) is 5.56. The average molecular weight is 407 g/mol. The number of pyridine rings is 1. The fourth-order valence-electron chi connectivity index (χ4n) is 4.32. The molecule has 30 heavy (non-hydrogen) atoms. The van der Waals surface area contributed by atoms with E-state index < -0.39 is 11.9 Å². The number of hydrogen-bond donors (Lipinski definition) is 2. The number of aromatic nitrogens is 1. The zero-order valence-electron chi connectivity index (χ0n) is 17.3. The molecule has 2 aromatic rings. The van der Waals surface area contributed by atoms with Gasteiger partial charge in [0.15, 0.2) is 5.78 Å². The molecule has 1 aliphatic carbocycles. The fourth-order valence-corrected chi connectivity index (χ4v) is 4.32. The number of fused-ring (bicyclic) bond motifs is 1. The molecular formula is C23H25N3O4. The van der Waals surface area contributed by atoms with Gasteiger partial charge in [-0.05, 0) is 17.9 Å². The smallest absolute Gasteiger partial charge is 0.344 e. The summed E-state index contributed by atoms with van der Waals surface area (Å²) in [5, 5.41) is 0. The molecule has 1 unspecified atom stereocenters. The first-order valence-electron chi connectivity index (χ1n) is 9.98. The van der Waals surface area contributed by atoms with E-state index in [9.17, 15) is 9.59 Å². The van der Waals surface area contributed by atoms with Crippen LogP contribution in [0.1, 0.15) is 61.0 Å². The Morgan fingerprint density at radius 3 is 2.60 bits per heavy atom. The van der Waals surface area contributed by atoms with Gasteiger partial charge in [-0.1, -0.05) is 44.2 Å². The second-order valence-electron chi connectivity index (χ2n) is 8.45. The highest BCUT2D eigenvalue weighted by Gasteiger charge is 2.44. The van der Waals surface area contributed by atoms with Gasteiger partial charge < -0.3 is 20.9 Å². The van der Waals surface area contributed by atoms with Crippen molar-refractivity contribution in [3.8, 4) is 5.88 Å². The van der Waals surface area contributed by atoms with Crippen LogP contribution in [0.4, 0.5) is 11.5 Å². The summed E-state index contributed by atoms with van der Waals surface area (Å²) < 4.78 is 11.2. The number of Topliss-reactive ketones (excluding diaryl/α,β-unsaturated/α-hetero) is 1. The number of anilines is 2. The van der Waals surface area contributed by atoms with E-state index in [1.807, 2.05) is 44.2 Å². The molecule has 0 saturated heterocycles. The highest BCUT2D eigenvalue weighted by molar-refractivity contribution is 6.04. The lowest BCUT2D eigenvalue weighted by Crippen LogP contribution is -2.34. The Bertz CT molecular complexity index is 1070. The lowest BCUT2D eigenvalue weighted by Gasteiger charge is -2.38. The molecule has 2 heterocycles. The number of esters is 1. The Balaban J connectivity index is 1.98. The van der Waals surface area contributed by atoms with E-state index in [1.165, 1.54) is 0 Å². The van der Waals surface area contributed by atoms with Crippen molar-refractivity contribution in [1.29, 1.82) is 0 Å². The van der Waals surface area contributed by atoms with Gasteiger partial charge in [-0.3, -0.25) is 4.79 Å². The molecule has 4 N–H and O–H groups in total. The molecule has 1 aromatic heterocycles. The van der Waals surface area contributed by atoms with E-state index in [-0.39, 0.29) is 40.8 Å². The molecule has 7 heteroatoms. The maximum atomic E-state index is 13.2. The summed E-state index contributed by atoms with van der Waals surface area (Å²) in [6, 6.07) is 9.55. The van der Waals surface area contributed by atoms with Crippen LogP contribution >= 0.6 is 0 Å². The number of carbonyl (C=O) groups is 2. The van der Waals surface area contributed by atoms with Crippen LogP contribution in [0.15, 0.2) is 41.7 Å². The number of ether oxygens (including phenoxy) is 2. The van der Waals surface area contributed by atoms with E-state index in [4.69, 9.17) is 20.9 Å². The molecule has 0 radical (unpaired) electrons. The monoisotopic (exact) mass is 407 g/mol. The van der Waals surface area contributed by atoms with Crippen molar-refractivity contribution in [2.75, 3.05) is 18.1 Å². The van der Waals surface area contributed by atoms with Crippen molar-refractivity contribution < 1.29 is 19.1 Å². The first-order chi connectivity index (χ1) is 14.2. The zero-order valence-corrected chi connectivity index (χ0v) is 17.3. The van der Waals surface area contributed by atoms with Crippen LogP contribution in [0.3, 0.4) is 0 Å². The molecular weight excluding hydrogens is 382 g/mol. The molecule has 4 rings (SSSR count). The minimum atomic E-state index is -0.648. The number of nitrogen functional groups attached to an aromatic ring is 2. The SMILES string of the molecule is CCOC(=O)c1c(N)nc2c(c1N)C(c1ccccc1)C1=C(CC(C)(C)CC1=O)O2. The van der Waals surface area contributed by atoms with Crippen LogP contribution in [-0.4, -0.2) is 23.3 Å².